The van der Waals surface area contributed by atoms with Gasteiger partial charge in [0, 0.05) is 18.2 Å². The standard InChI is InChI=1S/C26H26FN3O4/c1-18(34-17-20-11-5-6-13-22(20)27)25(32)30-23(15-19-9-3-2-4-10-19)24(31)26(33)29-16-21-12-7-8-14-28-21/h2-14,18,23H,15-17H2,1H3,(H,29,33)(H,30,32)/t18-,23-/m1/s1. The molecule has 0 spiro atoms. The van der Waals surface area contributed by atoms with Crippen molar-refractivity contribution in [3.63, 3.8) is 0 Å². The van der Waals surface area contributed by atoms with Crippen LogP contribution in [-0.2, 0) is 38.7 Å². The van der Waals surface area contributed by atoms with Crippen molar-refractivity contribution in [3.8, 4) is 0 Å². The number of hydrogen-bond acceptors (Lipinski definition) is 5. The molecule has 176 valence electrons. The summed E-state index contributed by atoms with van der Waals surface area (Å²) in [5.41, 5.74) is 1.69. The Morgan fingerprint density at radius 2 is 1.68 bits per heavy atom. The third kappa shape index (κ3) is 7.31. The van der Waals surface area contributed by atoms with Gasteiger partial charge in [-0.15, -0.1) is 0 Å². The smallest absolute Gasteiger partial charge is 0.289 e. The van der Waals surface area contributed by atoms with Gasteiger partial charge in [-0.05, 0) is 30.7 Å². The first kappa shape index (κ1) is 24.7. The number of Topliss-reactive ketones (excluding diaryl/α,β-unsaturated/α-hetero) is 1. The number of rotatable bonds is 11. The van der Waals surface area contributed by atoms with Crippen molar-refractivity contribution in [1.29, 1.82) is 0 Å². The van der Waals surface area contributed by atoms with Gasteiger partial charge in [0.1, 0.15) is 18.0 Å². The van der Waals surface area contributed by atoms with Crippen LogP contribution < -0.4 is 10.6 Å². The number of ketones is 1. The summed E-state index contributed by atoms with van der Waals surface area (Å²) in [6.45, 7) is 1.48. The molecule has 0 aliphatic rings. The Bertz CT molecular complexity index is 1110. The molecular formula is C26H26FN3O4. The number of halogens is 1. The molecule has 2 amide bonds. The Hall–Kier alpha value is -3.91. The Morgan fingerprint density at radius 1 is 0.971 bits per heavy atom. The second-order valence-electron chi connectivity index (χ2n) is 7.66. The topological polar surface area (TPSA) is 97.4 Å². The molecule has 0 aliphatic carbocycles. The number of carbonyl (C=O) groups is 3. The molecule has 2 N–H and O–H groups in total. The number of amides is 2. The van der Waals surface area contributed by atoms with E-state index in [4.69, 9.17) is 4.74 Å². The minimum atomic E-state index is -1.10. The quantitative estimate of drug-likeness (QED) is 0.426. The lowest BCUT2D eigenvalue weighted by atomic mass is 10.0. The summed E-state index contributed by atoms with van der Waals surface area (Å²) < 4.78 is 19.3. The highest BCUT2D eigenvalue weighted by molar-refractivity contribution is 6.38. The molecule has 0 radical (unpaired) electrons. The Labute approximate surface area is 197 Å². The molecule has 7 nitrogen and oxygen atoms in total. The average molecular weight is 464 g/mol. The monoisotopic (exact) mass is 463 g/mol. The molecule has 8 heteroatoms. The first-order chi connectivity index (χ1) is 16.4. The van der Waals surface area contributed by atoms with Gasteiger partial charge in [-0.1, -0.05) is 54.6 Å². The van der Waals surface area contributed by atoms with Gasteiger partial charge in [-0.25, -0.2) is 4.39 Å². The highest BCUT2D eigenvalue weighted by Crippen LogP contribution is 2.10. The van der Waals surface area contributed by atoms with Crippen LogP contribution >= 0.6 is 0 Å². The Morgan fingerprint density at radius 3 is 2.38 bits per heavy atom. The predicted octanol–water partition coefficient (Wildman–Crippen LogP) is 2.74. The zero-order valence-corrected chi connectivity index (χ0v) is 18.7. The van der Waals surface area contributed by atoms with Crippen molar-refractivity contribution in [1.82, 2.24) is 15.6 Å². The molecule has 1 aromatic heterocycles. The van der Waals surface area contributed by atoms with E-state index < -0.39 is 35.6 Å². The van der Waals surface area contributed by atoms with E-state index in [1.165, 1.54) is 13.0 Å². The number of carbonyl (C=O) groups excluding carboxylic acids is 3. The second-order valence-corrected chi connectivity index (χ2v) is 7.66. The van der Waals surface area contributed by atoms with Gasteiger partial charge >= 0.3 is 0 Å². The fourth-order valence-electron chi connectivity index (χ4n) is 3.17. The second kappa shape index (κ2) is 12.4. The maximum absolute atomic E-state index is 13.8. The first-order valence-corrected chi connectivity index (χ1v) is 10.9. The van der Waals surface area contributed by atoms with Crippen molar-refractivity contribution < 1.29 is 23.5 Å². The molecule has 0 aliphatic heterocycles. The van der Waals surface area contributed by atoms with Crippen LogP contribution in [0.5, 0.6) is 0 Å². The number of aromatic nitrogens is 1. The van der Waals surface area contributed by atoms with Gasteiger partial charge in [-0.2, -0.15) is 0 Å². The molecule has 0 saturated carbocycles. The SMILES string of the molecule is C[C@@H](OCc1ccccc1F)C(=O)N[C@H](Cc1ccccc1)C(=O)C(=O)NCc1ccccn1. The van der Waals surface area contributed by atoms with E-state index in [0.29, 0.717) is 11.3 Å². The fourth-order valence-corrected chi connectivity index (χ4v) is 3.17. The molecule has 3 rings (SSSR count). The highest BCUT2D eigenvalue weighted by Gasteiger charge is 2.29. The molecule has 3 aromatic rings. The van der Waals surface area contributed by atoms with Crippen LogP contribution in [0.15, 0.2) is 79.0 Å². The third-order valence-electron chi connectivity index (χ3n) is 5.11. The fraction of sp³-hybridized carbons (Fsp3) is 0.231. The minimum Gasteiger partial charge on any atom is -0.364 e. The Balaban J connectivity index is 1.64. The molecule has 1 heterocycles. The molecule has 34 heavy (non-hydrogen) atoms. The molecule has 0 bridgehead atoms. The lowest BCUT2D eigenvalue weighted by Crippen LogP contribution is -2.51. The molecule has 0 unspecified atom stereocenters. The van der Waals surface area contributed by atoms with Gasteiger partial charge in [0.05, 0.1) is 18.8 Å². The summed E-state index contributed by atoms with van der Waals surface area (Å²) in [4.78, 5) is 42.3. The molecule has 2 atom stereocenters. The first-order valence-electron chi connectivity index (χ1n) is 10.9. The zero-order chi connectivity index (χ0) is 24.3. The van der Waals surface area contributed by atoms with Crippen LogP contribution in [0.1, 0.15) is 23.7 Å². The number of nitrogens with one attached hydrogen (secondary N) is 2. The number of hydrogen-bond donors (Lipinski definition) is 2. The number of benzene rings is 2. The number of ether oxygens (including phenoxy) is 1. The van der Waals surface area contributed by atoms with Crippen LogP contribution in [0.25, 0.3) is 0 Å². The van der Waals surface area contributed by atoms with E-state index in [9.17, 15) is 18.8 Å². The summed E-state index contributed by atoms with van der Waals surface area (Å²) in [6, 6.07) is 19.3. The van der Waals surface area contributed by atoms with Crippen molar-refractivity contribution in [2.75, 3.05) is 0 Å². The van der Waals surface area contributed by atoms with Crippen LogP contribution in [0.4, 0.5) is 4.39 Å². The molecule has 0 saturated heterocycles. The molecular weight excluding hydrogens is 437 g/mol. The minimum absolute atomic E-state index is 0.0829. The van der Waals surface area contributed by atoms with Crippen LogP contribution in [-0.4, -0.2) is 34.7 Å². The molecule has 2 aromatic carbocycles. The van der Waals surface area contributed by atoms with Crippen LogP contribution in [0.3, 0.4) is 0 Å². The van der Waals surface area contributed by atoms with E-state index in [1.807, 2.05) is 6.07 Å². The maximum atomic E-state index is 13.8. The summed E-state index contributed by atoms with van der Waals surface area (Å²) in [5.74, 6) is -2.62. The van der Waals surface area contributed by atoms with E-state index in [2.05, 4.69) is 15.6 Å². The van der Waals surface area contributed by atoms with Crippen LogP contribution in [0, 0.1) is 5.82 Å². The van der Waals surface area contributed by atoms with Gasteiger partial charge in [0.2, 0.25) is 11.7 Å². The summed E-state index contributed by atoms with van der Waals surface area (Å²) in [7, 11) is 0. The van der Waals surface area contributed by atoms with Crippen molar-refractivity contribution in [2.24, 2.45) is 0 Å². The van der Waals surface area contributed by atoms with E-state index in [0.717, 1.165) is 5.56 Å². The summed E-state index contributed by atoms with van der Waals surface area (Å²) in [6.07, 6.45) is 0.745. The highest BCUT2D eigenvalue weighted by atomic mass is 19.1. The normalized spacial score (nSPS) is 12.4. The van der Waals surface area contributed by atoms with Gasteiger partial charge in [0.25, 0.3) is 5.91 Å². The van der Waals surface area contributed by atoms with Crippen molar-refractivity contribution >= 4 is 17.6 Å². The molecule has 0 fully saturated rings. The van der Waals surface area contributed by atoms with Crippen LogP contribution in [0.2, 0.25) is 0 Å². The van der Waals surface area contributed by atoms with Gasteiger partial charge in [-0.3, -0.25) is 19.4 Å². The zero-order valence-electron chi connectivity index (χ0n) is 18.7. The maximum Gasteiger partial charge on any atom is 0.289 e. The number of pyridine rings is 1. The predicted molar refractivity (Wildman–Crippen MR) is 124 cm³/mol. The lowest BCUT2D eigenvalue weighted by molar-refractivity contribution is -0.141. The number of nitrogens with zero attached hydrogens (tertiary/aromatic N) is 1. The Kier molecular flexibility index (Phi) is 8.99. The summed E-state index contributed by atoms with van der Waals surface area (Å²) in [5, 5.41) is 5.16. The van der Waals surface area contributed by atoms with E-state index >= 15 is 0 Å². The van der Waals surface area contributed by atoms with Gasteiger partial charge < -0.3 is 15.4 Å². The third-order valence-corrected chi connectivity index (χ3v) is 5.11. The van der Waals surface area contributed by atoms with Crippen molar-refractivity contribution in [2.45, 2.75) is 38.6 Å². The summed E-state index contributed by atoms with van der Waals surface area (Å²) >= 11 is 0. The van der Waals surface area contributed by atoms with E-state index in [1.54, 1.807) is 66.9 Å². The lowest BCUT2D eigenvalue weighted by Gasteiger charge is -2.20. The van der Waals surface area contributed by atoms with Gasteiger partial charge in [0.15, 0.2) is 0 Å². The largest absolute Gasteiger partial charge is 0.364 e. The van der Waals surface area contributed by atoms with E-state index in [-0.39, 0.29) is 19.6 Å². The van der Waals surface area contributed by atoms with Crippen molar-refractivity contribution in [3.05, 3.63) is 102 Å². The average Bonchev–Trinajstić information content (AvgIpc) is 2.87.